The molecule has 3 atom stereocenters. The van der Waals surface area contributed by atoms with Crippen molar-refractivity contribution in [2.24, 2.45) is 11.8 Å². The Labute approximate surface area is 99.8 Å². The molecule has 0 heterocycles. The Balaban J connectivity index is 2.24. The van der Waals surface area contributed by atoms with Gasteiger partial charge in [-0.05, 0) is 25.3 Å². The van der Waals surface area contributed by atoms with Gasteiger partial charge in [-0.2, -0.15) is 0 Å². The summed E-state index contributed by atoms with van der Waals surface area (Å²) < 4.78 is 4.94. The molecular formula is C13H27NO2. The molecule has 0 aromatic heterocycles. The van der Waals surface area contributed by atoms with Crippen LogP contribution in [0.2, 0.25) is 0 Å². The molecule has 0 saturated heterocycles. The molecule has 0 amide bonds. The van der Waals surface area contributed by atoms with E-state index in [0.29, 0.717) is 6.61 Å². The molecule has 3 nitrogen and oxygen atoms in total. The minimum atomic E-state index is -0.353. The van der Waals surface area contributed by atoms with E-state index < -0.39 is 0 Å². The predicted octanol–water partition coefficient (Wildman–Crippen LogP) is 1.75. The Morgan fingerprint density at radius 1 is 1.38 bits per heavy atom. The minimum absolute atomic E-state index is 0.353. The summed E-state index contributed by atoms with van der Waals surface area (Å²) in [6.45, 7) is 4.63. The van der Waals surface area contributed by atoms with Gasteiger partial charge < -0.3 is 14.7 Å². The molecule has 1 fully saturated rings. The molecule has 0 aromatic rings. The fourth-order valence-electron chi connectivity index (χ4n) is 2.74. The Kier molecular flexibility index (Phi) is 6.32. The summed E-state index contributed by atoms with van der Waals surface area (Å²) in [6.07, 6.45) is 5.15. The fraction of sp³-hybridized carbons (Fsp3) is 1.00. The first-order valence-electron chi connectivity index (χ1n) is 6.49. The first-order chi connectivity index (χ1) is 7.63. The van der Waals surface area contributed by atoms with Gasteiger partial charge in [-0.15, -0.1) is 0 Å². The van der Waals surface area contributed by atoms with Crippen molar-refractivity contribution in [1.82, 2.24) is 4.90 Å². The van der Waals surface area contributed by atoms with Crippen LogP contribution in [0.4, 0.5) is 0 Å². The van der Waals surface area contributed by atoms with Crippen molar-refractivity contribution in [1.29, 1.82) is 0 Å². The van der Waals surface area contributed by atoms with Crippen LogP contribution in [0, 0.1) is 11.8 Å². The highest BCUT2D eigenvalue weighted by molar-refractivity contribution is 4.75. The fourth-order valence-corrected chi connectivity index (χ4v) is 2.74. The number of methoxy groups -OCH3 is 1. The van der Waals surface area contributed by atoms with E-state index in [1.54, 1.807) is 7.11 Å². The number of ether oxygens (including phenoxy) is 1. The molecule has 0 aromatic carbocycles. The minimum Gasteiger partial charge on any atom is -0.389 e. The van der Waals surface area contributed by atoms with Gasteiger partial charge in [0.1, 0.15) is 0 Å². The molecule has 16 heavy (non-hydrogen) atoms. The number of aliphatic hydroxyl groups excluding tert-OH is 1. The van der Waals surface area contributed by atoms with E-state index in [1.165, 1.54) is 25.7 Å². The zero-order valence-electron chi connectivity index (χ0n) is 11.0. The molecular weight excluding hydrogens is 202 g/mol. The van der Waals surface area contributed by atoms with Crippen LogP contribution >= 0.6 is 0 Å². The van der Waals surface area contributed by atoms with Crippen molar-refractivity contribution >= 4 is 0 Å². The third-order valence-electron chi connectivity index (χ3n) is 3.72. The molecule has 1 N–H and O–H groups in total. The number of rotatable bonds is 6. The lowest BCUT2D eigenvalue weighted by atomic mass is 9.80. The van der Waals surface area contributed by atoms with Gasteiger partial charge >= 0.3 is 0 Å². The highest BCUT2D eigenvalue weighted by Crippen LogP contribution is 2.29. The molecule has 0 aliphatic heterocycles. The average Bonchev–Trinajstić information content (AvgIpc) is 2.21. The largest absolute Gasteiger partial charge is 0.389 e. The van der Waals surface area contributed by atoms with E-state index in [0.717, 1.165) is 24.9 Å². The van der Waals surface area contributed by atoms with E-state index in [4.69, 9.17) is 4.74 Å². The predicted molar refractivity (Wildman–Crippen MR) is 66.5 cm³/mol. The van der Waals surface area contributed by atoms with E-state index >= 15 is 0 Å². The van der Waals surface area contributed by atoms with Crippen LogP contribution < -0.4 is 0 Å². The lowest BCUT2D eigenvalue weighted by Gasteiger charge is -2.32. The van der Waals surface area contributed by atoms with Crippen LogP contribution in [0.1, 0.15) is 32.6 Å². The normalized spacial score (nSPS) is 28.3. The quantitative estimate of drug-likeness (QED) is 0.753. The van der Waals surface area contributed by atoms with Gasteiger partial charge in [0.25, 0.3) is 0 Å². The van der Waals surface area contributed by atoms with Crippen LogP contribution in [0.25, 0.3) is 0 Å². The van der Waals surface area contributed by atoms with Gasteiger partial charge in [-0.3, -0.25) is 0 Å². The highest BCUT2D eigenvalue weighted by Gasteiger charge is 2.22. The molecule has 3 heteroatoms. The van der Waals surface area contributed by atoms with Gasteiger partial charge in [0.15, 0.2) is 0 Å². The summed E-state index contributed by atoms with van der Waals surface area (Å²) in [7, 11) is 3.73. The van der Waals surface area contributed by atoms with Crippen LogP contribution in [0.5, 0.6) is 0 Å². The SMILES string of the molecule is COC[C@H](O)CN(C)C[C@H]1CCCC[C@@H]1C. The lowest BCUT2D eigenvalue weighted by Crippen LogP contribution is -2.37. The van der Waals surface area contributed by atoms with Crippen molar-refractivity contribution in [3.63, 3.8) is 0 Å². The third-order valence-corrected chi connectivity index (χ3v) is 3.72. The van der Waals surface area contributed by atoms with Gasteiger partial charge in [-0.25, -0.2) is 0 Å². The van der Waals surface area contributed by atoms with E-state index in [1.807, 2.05) is 0 Å². The maximum atomic E-state index is 9.65. The number of nitrogens with zero attached hydrogens (tertiary/aromatic N) is 1. The smallest absolute Gasteiger partial charge is 0.0899 e. The van der Waals surface area contributed by atoms with Crippen molar-refractivity contribution in [3.8, 4) is 0 Å². The van der Waals surface area contributed by atoms with Crippen molar-refractivity contribution < 1.29 is 9.84 Å². The molecule has 1 aliphatic rings. The van der Waals surface area contributed by atoms with Crippen LogP contribution in [-0.2, 0) is 4.74 Å². The van der Waals surface area contributed by atoms with Crippen LogP contribution in [0.15, 0.2) is 0 Å². The first-order valence-corrected chi connectivity index (χ1v) is 6.49. The summed E-state index contributed by atoms with van der Waals surface area (Å²) in [5, 5.41) is 9.65. The summed E-state index contributed by atoms with van der Waals surface area (Å²) in [4.78, 5) is 2.25. The lowest BCUT2D eigenvalue weighted by molar-refractivity contribution is 0.0365. The zero-order valence-corrected chi connectivity index (χ0v) is 11.0. The van der Waals surface area contributed by atoms with Gasteiger partial charge in [-0.1, -0.05) is 26.2 Å². The number of hydrogen-bond donors (Lipinski definition) is 1. The first kappa shape index (κ1) is 13.9. The third kappa shape index (κ3) is 4.81. The number of aliphatic hydroxyl groups is 1. The monoisotopic (exact) mass is 229 g/mol. The van der Waals surface area contributed by atoms with E-state index in [9.17, 15) is 5.11 Å². The van der Waals surface area contributed by atoms with Crippen molar-refractivity contribution in [2.75, 3.05) is 33.9 Å². The van der Waals surface area contributed by atoms with E-state index in [2.05, 4.69) is 18.9 Å². The Morgan fingerprint density at radius 3 is 2.69 bits per heavy atom. The topological polar surface area (TPSA) is 32.7 Å². The second-order valence-electron chi connectivity index (χ2n) is 5.35. The Hall–Kier alpha value is -0.120. The summed E-state index contributed by atoms with van der Waals surface area (Å²) in [5.41, 5.74) is 0. The van der Waals surface area contributed by atoms with Gasteiger partial charge in [0.05, 0.1) is 12.7 Å². The molecule has 0 spiro atoms. The number of likely N-dealkylation sites (N-methyl/N-ethyl adjacent to an activating group) is 1. The maximum Gasteiger partial charge on any atom is 0.0899 e. The zero-order chi connectivity index (χ0) is 12.0. The summed E-state index contributed by atoms with van der Waals surface area (Å²) in [6, 6.07) is 0. The maximum absolute atomic E-state index is 9.65. The Bertz CT molecular complexity index is 187. The molecule has 1 rings (SSSR count). The number of hydrogen-bond acceptors (Lipinski definition) is 3. The molecule has 0 bridgehead atoms. The van der Waals surface area contributed by atoms with Crippen LogP contribution in [-0.4, -0.2) is 50.0 Å². The summed E-state index contributed by atoms with van der Waals surface area (Å²) in [5.74, 6) is 1.66. The van der Waals surface area contributed by atoms with Crippen molar-refractivity contribution in [3.05, 3.63) is 0 Å². The molecule has 96 valence electrons. The molecule has 0 unspecified atom stereocenters. The van der Waals surface area contributed by atoms with Gasteiger partial charge in [0, 0.05) is 20.2 Å². The van der Waals surface area contributed by atoms with Crippen LogP contribution in [0.3, 0.4) is 0 Å². The molecule has 0 radical (unpaired) electrons. The Morgan fingerprint density at radius 2 is 2.06 bits per heavy atom. The summed E-state index contributed by atoms with van der Waals surface area (Å²) >= 11 is 0. The average molecular weight is 229 g/mol. The second-order valence-corrected chi connectivity index (χ2v) is 5.35. The molecule has 1 saturated carbocycles. The van der Waals surface area contributed by atoms with E-state index in [-0.39, 0.29) is 6.10 Å². The second kappa shape index (κ2) is 7.25. The van der Waals surface area contributed by atoms with Gasteiger partial charge in [0.2, 0.25) is 0 Å². The molecule has 1 aliphatic carbocycles. The highest BCUT2D eigenvalue weighted by atomic mass is 16.5. The standard InChI is InChI=1S/C13H27NO2/c1-11-6-4-5-7-12(11)8-14(2)9-13(15)10-16-3/h11-13,15H,4-10H2,1-3H3/t11-,12+,13+/m0/s1. The van der Waals surface area contributed by atoms with Crippen molar-refractivity contribution in [2.45, 2.75) is 38.7 Å².